The summed E-state index contributed by atoms with van der Waals surface area (Å²) >= 11 is 0. The van der Waals surface area contributed by atoms with Crippen LogP contribution in [0.3, 0.4) is 0 Å². The van der Waals surface area contributed by atoms with E-state index < -0.39 is 0 Å². The molecule has 0 aromatic heterocycles. The van der Waals surface area contributed by atoms with Gasteiger partial charge in [0.1, 0.15) is 0 Å². The average molecular weight is 421 g/mol. The molecule has 2 nitrogen and oxygen atoms in total. The summed E-state index contributed by atoms with van der Waals surface area (Å²) < 4.78 is 0. The van der Waals surface area contributed by atoms with Crippen molar-refractivity contribution in [1.29, 1.82) is 0 Å². The molecule has 0 aromatic carbocycles. The maximum absolute atomic E-state index is 9.98. The van der Waals surface area contributed by atoms with Crippen molar-refractivity contribution in [3.05, 3.63) is 0 Å². The molecule has 3 fully saturated rings. The highest BCUT2D eigenvalue weighted by Gasteiger charge is 2.48. The predicted octanol–water partition coefficient (Wildman–Crippen LogP) is 7.22. The van der Waals surface area contributed by atoms with Gasteiger partial charge in [-0.2, -0.15) is 0 Å². The summed E-state index contributed by atoms with van der Waals surface area (Å²) in [5, 5.41) is 20.0. The molecule has 4 unspecified atom stereocenters. The molecule has 0 aliphatic heterocycles. The smallest absolute Gasteiger partial charge is 0.0540 e. The Balaban J connectivity index is 1.77. The van der Waals surface area contributed by atoms with Gasteiger partial charge in [0.15, 0.2) is 0 Å². The van der Waals surface area contributed by atoms with Crippen LogP contribution in [0.2, 0.25) is 0 Å². The fourth-order valence-corrected chi connectivity index (χ4v) is 8.56. The molecule has 176 valence electrons. The molecule has 3 rings (SSSR count). The zero-order valence-electron chi connectivity index (χ0n) is 20.6. The van der Waals surface area contributed by atoms with Crippen LogP contribution < -0.4 is 0 Å². The van der Waals surface area contributed by atoms with Gasteiger partial charge >= 0.3 is 0 Å². The van der Waals surface area contributed by atoms with Crippen molar-refractivity contribution in [3.8, 4) is 0 Å². The number of rotatable bonds is 8. The Hall–Kier alpha value is -0.0800. The van der Waals surface area contributed by atoms with Gasteiger partial charge in [-0.05, 0) is 112 Å². The Kier molecular flexibility index (Phi) is 9.57. The van der Waals surface area contributed by atoms with E-state index in [1.165, 1.54) is 64.2 Å². The van der Waals surface area contributed by atoms with Crippen LogP contribution in [-0.2, 0) is 0 Å². The lowest BCUT2D eigenvalue weighted by atomic mass is 9.51. The molecule has 2 heteroatoms. The van der Waals surface area contributed by atoms with Crippen molar-refractivity contribution < 1.29 is 10.2 Å². The van der Waals surface area contributed by atoms with Gasteiger partial charge < -0.3 is 10.2 Å². The van der Waals surface area contributed by atoms with Gasteiger partial charge in [0.05, 0.1) is 12.2 Å². The molecule has 4 atom stereocenters. The second-order valence-electron chi connectivity index (χ2n) is 11.4. The van der Waals surface area contributed by atoms with Gasteiger partial charge in [0.25, 0.3) is 0 Å². The van der Waals surface area contributed by atoms with Gasteiger partial charge in [-0.15, -0.1) is 0 Å². The largest absolute Gasteiger partial charge is 0.393 e. The standard InChI is InChI=1S/C28H52O2/c1-5-23-24(6-2)28(18-20-11-15-22(30)16-12-20)26(8-4)25(7-3)27(23)17-19-9-13-21(29)14-10-19/h19-30H,5-18H2,1-4H3. The van der Waals surface area contributed by atoms with Crippen LogP contribution in [-0.4, -0.2) is 22.4 Å². The zero-order chi connectivity index (χ0) is 21.7. The van der Waals surface area contributed by atoms with E-state index in [2.05, 4.69) is 27.7 Å². The summed E-state index contributed by atoms with van der Waals surface area (Å²) in [4.78, 5) is 0. The van der Waals surface area contributed by atoms with Gasteiger partial charge in [0, 0.05) is 0 Å². The molecule has 0 amide bonds. The Bertz CT molecular complexity index is 411. The van der Waals surface area contributed by atoms with E-state index in [4.69, 9.17) is 0 Å². The highest BCUT2D eigenvalue weighted by Crippen LogP contribution is 2.55. The normalized spacial score (nSPS) is 45.4. The van der Waals surface area contributed by atoms with Crippen LogP contribution in [0.15, 0.2) is 0 Å². The Morgan fingerprint density at radius 3 is 0.933 bits per heavy atom. The van der Waals surface area contributed by atoms with Gasteiger partial charge in [-0.1, -0.05) is 53.4 Å². The van der Waals surface area contributed by atoms with Gasteiger partial charge in [0.2, 0.25) is 0 Å². The second-order valence-corrected chi connectivity index (χ2v) is 11.4. The van der Waals surface area contributed by atoms with Crippen LogP contribution >= 0.6 is 0 Å². The van der Waals surface area contributed by atoms with Gasteiger partial charge in [-0.25, -0.2) is 0 Å². The first kappa shape index (κ1) is 24.6. The van der Waals surface area contributed by atoms with E-state index in [-0.39, 0.29) is 12.2 Å². The molecule has 0 radical (unpaired) electrons. The summed E-state index contributed by atoms with van der Waals surface area (Å²) in [5.41, 5.74) is 0. The number of hydrogen-bond acceptors (Lipinski definition) is 2. The lowest BCUT2D eigenvalue weighted by molar-refractivity contribution is -0.0547. The van der Waals surface area contributed by atoms with Crippen molar-refractivity contribution in [1.82, 2.24) is 0 Å². The summed E-state index contributed by atoms with van der Waals surface area (Å²) in [6, 6.07) is 0. The maximum atomic E-state index is 9.98. The molecule has 0 aromatic rings. The van der Waals surface area contributed by atoms with Crippen molar-refractivity contribution >= 4 is 0 Å². The van der Waals surface area contributed by atoms with Crippen molar-refractivity contribution in [2.24, 2.45) is 47.3 Å². The molecule has 0 saturated heterocycles. The Morgan fingerprint density at radius 2 is 0.700 bits per heavy atom. The van der Waals surface area contributed by atoms with E-state index in [0.29, 0.717) is 0 Å². The van der Waals surface area contributed by atoms with Crippen LogP contribution in [0.25, 0.3) is 0 Å². The summed E-state index contributed by atoms with van der Waals surface area (Å²) in [6.07, 6.45) is 17.4. The van der Waals surface area contributed by atoms with Crippen LogP contribution in [0.4, 0.5) is 0 Å². The van der Waals surface area contributed by atoms with E-state index in [0.717, 1.165) is 73.0 Å². The highest BCUT2D eigenvalue weighted by molar-refractivity contribution is 4.97. The fourth-order valence-electron chi connectivity index (χ4n) is 8.56. The molecule has 2 N–H and O–H groups in total. The van der Waals surface area contributed by atoms with Crippen LogP contribution in [0, 0.1) is 47.3 Å². The molecule has 0 bridgehead atoms. The number of hydrogen-bond donors (Lipinski definition) is 2. The van der Waals surface area contributed by atoms with Crippen molar-refractivity contribution in [2.75, 3.05) is 0 Å². The molecule has 0 heterocycles. The second kappa shape index (κ2) is 11.7. The third-order valence-corrected chi connectivity index (χ3v) is 10.0. The summed E-state index contributed by atoms with van der Waals surface area (Å²) in [7, 11) is 0. The Morgan fingerprint density at radius 1 is 0.433 bits per heavy atom. The number of aliphatic hydroxyl groups excluding tert-OH is 2. The molecule has 3 aliphatic rings. The number of aliphatic hydroxyl groups is 2. The molecular weight excluding hydrogens is 368 g/mol. The highest BCUT2D eigenvalue weighted by atomic mass is 16.3. The Labute approximate surface area is 187 Å². The van der Waals surface area contributed by atoms with E-state index in [1.807, 2.05) is 0 Å². The van der Waals surface area contributed by atoms with Crippen molar-refractivity contribution in [2.45, 2.75) is 130 Å². The molecule has 3 aliphatic carbocycles. The van der Waals surface area contributed by atoms with E-state index in [1.54, 1.807) is 0 Å². The topological polar surface area (TPSA) is 40.5 Å². The van der Waals surface area contributed by atoms with Gasteiger partial charge in [-0.3, -0.25) is 0 Å². The minimum absolute atomic E-state index is 0.0262. The van der Waals surface area contributed by atoms with Crippen LogP contribution in [0.5, 0.6) is 0 Å². The first-order valence-electron chi connectivity index (χ1n) is 13.9. The van der Waals surface area contributed by atoms with Crippen molar-refractivity contribution in [3.63, 3.8) is 0 Å². The summed E-state index contributed by atoms with van der Waals surface area (Å²) in [6.45, 7) is 9.88. The zero-order valence-corrected chi connectivity index (χ0v) is 20.6. The molecule has 3 saturated carbocycles. The quantitative estimate of drug-likeness (QED) is 0.435. The first-order valence-corrected chi connectivity index (χ1v) is 13.9. The molecule has 0 spiro atoms. The lowest BCUT2D eigenvalue weighted by Gasteiger charge is -2.54. The minimum atomic E-state index is -0.0262. The SMILES string of the molecule is CCC1C(CC)C(CC2CCC(O)CC2)C(CC)C(CC)C1CC1CCC(O)CC1. The predicted molar refractivity (Wildman–Crippen MR) is 127 cm³/mol. The minimum Gasteiger partial charge on any atom is -0.393 e. The van der Waals surface area contributed by atoms with Crippen LogP contribution in [0.1, 0.15) is 118 Å². The summed E-state index contributed by atoms with van der Waals surface area (Å²) in [5.74, 6) is 7.10. The van der Waals surface area contributed by atoms with E-state index >= 15 is 0 Å². The monoisotopic (exact) mass is 420 g/mol. The van der Waals surface area contributed by atoms with E-state index in [9.17, 15) is 10.2 Å². The average Bonchev–Trinajstić information content (AvgIpc) is 2.76. The maximum Gasteiger partial charge on any atom is 0.0540 e. The first-order chi connectivity index (χ1) is 14.5. The fraction of sp³-hybridized carbons (Fsp3) is 1.00. The molecule has 30 heavy (non-hydrogen) atoms. The lowest BCUT2D eigenvalue weighted by Crippen LogP contribution is -2.47. The third kappa shape index (κ3) is 5.64. The molecular formula is C28H52O2. The third-order valence-electron chi connectivity index (χ3n) is 10.0.